The summed E-state index contributed by atoms with van der Waals surface area (Å²) in [6.07, 6.45) is 3.64. The largest absolute Gasteiger partial charge is 0.338 e. The van der Waals surface area contributed by atoms with Gasteiger partial charge in [0.15, 0.2) is 5.82 Å². The van der Waals surface area contributed by atoms with E-state index in [1.165, 1.54) is 12.8 Å². The summed E-state index contributed by atoms with van der Waals surface area (Å²) < 4.78 is 5.12. The van der Waals surface area contributed by atoms with Crippen LogP contribution in [0.15, 0.2) is 4.52 Å². The molecule has 0 aliphatic carbocycles. The van der Waals surface area contributed by atoms with Crippen LogP contribution < -0.4 is 5.73 Å². The van der Waals surface area contributed by atoms with Crippen LogP contribution in [0, 0.1) is 12.8 Å². The van der Waals surface area contributed by atoms with Crippen molar-refractivity contribution >= 4 is 0 Å². The molecule has 5 nitrogen and oxygen atoms in total. The molecule has 1 aliphatic rings. The molecular weight excluding hydrogens is 204 g/mol. The van der Waals surface area contributed by atoms with Crippen LogP contribution in [0.2, 0.25) is 0 Å². The van der Waals surface area contributed by atoms with Gasteiger partial charge >= 0.3 is 0 Å². The lowest BCUT2D eigenvalue weighted by Crippen LogP contribution is -2.33. The van der Waals surface area contributed by atoms with Crippen LogP contribution >= 0.6 is 0 Å². The smallest absolute Gasteiger partial charge is 0.240 e. The van der Waals surface area contributed by atoms with Gasteiger partial charge in [0.1, 0.15) is 0 Å². The van der Waals surface area contributed by atoms with E-state index >= 15 is 0 Å². The van der Waals surface area contributed by atoms with Gasteiger partial charge in [0, 0.05) is 0 Å². The minimum absolute atomic E-state index is 0.716. The second-order valence-electron chi connectivity index (χ2n) is 4.53. The molecule has 0 saturated carbocycles. The zero-order valence-electron chi connectivity index (χ0n) is 9.85. The maximum atomic E-state index is 5.57. The molecule has 0 radical (unpaired) electrons. The van der Waals surface area contributed by atoms with Gasteiger partial charge in [0.2, 0.25) is 5.89 Å². The third kappa shape index (κ3) is 3.02. The summed E-state index contributed by atoms with van der Waals surface area (Å²) in [6, 6.07) is 0. The third-order valence-corrected chi connectivity index (χ3v) is 3.21. The molecule has 1 fully saturated rings. The summed E-state index contributed by atoms with van der Waals surface area (Å²) >= 11 is 0. The van der Waals surface area contributed by atoms with Crippen LogP contribution in [0.25, 0.3) is 0 Å². The Kier molecular flexibility index (Phi) is 3.90. The van der Waals surface area contributed by atoms with Crippen LogP contribution in [-0.2, 0) is 6.54 Å². The SMILES string of the molecule is Cc1noc(CN2CCC(CCN)CC2)n1. The van der Waals surface area contributed by atoms with Crippen molar-refractivity contribution in [3.8, 4) is 0 Å². The number of aryl methyl sites for hydroxylation is 1. The van der Waals surface area contributed by atoms with E-state index in [9.17, 15) is 0 Å². The minimum Gasteiger partial charge on any atom is -0.338 e. The maximum absolute atomic E-state index is 5.57. The van der Waals surface area contributed by atoms with Gasteiger partial charge in [-0.15, -0.1) is 0 Å². The lowest BCUT2D eigenvalue weighted by molar-refractivity contribution is 0.156. The maximum Gasteiger partial charge on any atom is 0.240 e. The van der Waals surface area contributed by atoms with Crippen LogP contribution in [-0.4, -0.2) is 34.7 Å². The van der Waals surface area contributed by atoms with Gasteiger partial charge in [-0.2, -0.15) is 4.98 Å². The van der Waals surface area contributed by atoms with E-state index in [2.05, 4.69) is 15.0 Å². The van der Waals surface area contributed by atoms with E-state index < -0.39 is 0 Å². The quantitative estimate of drug-likeness (QED) is 0.824. The fraction of sp³-hybridized carbons (Fsp3) is 0.818. The normalized spacial score (nSPS) is 19.1. The van der Waals surface area contributed by atoms with Crippen molar-refractivity contribution in [3.63, 3.8) is 0 Å². The van der Waals surface area contributed by atoms with Crippen molar-refractivity contribution in [1.29, 1.82) is 0 Å². The Hall–Kier alpha value is -0.940. The first kappa shape index (κ1) is 11.5. The molecule has 1 aromatic rings. The number of nitrogens with two attached hydrogens (primary N) is 1. The first-order valence-corrected chi connectivity index (χ1v) is 5.99. The van der Waals surface area contributed by atoms with Crippen molar-refractivity contribution in [1.82, 2.24) is 15.0 Å². The zero-order chi connectivity index (χ0) is 11.4. The number of nitrogens with zero attached hydrogens (tertiary/aromatic N) is 3. The van der Waals surface area contributed by atoms with Gasteiger partial charge < -0.3 is 10.3 Å². The molecule has 0 aromatic carbocycles. The Labute approximate surface area is 96.0 Å². The molecule has 0 unspecified atom stereocenters. The van der Waals surface area contributed by atoms with Crippen molar-refractivity contribution in [2.45, 2.75) is 32.7 Å². The Bertz CT molecular complexity index is 318. The summed E-state index contributed by atoms with van der Waals surface area (Å²) in [5.74, 6) is 2.26. The van der Waals surface area contributed by atoms with Crippen LogP contribution in [0.5, 0.6) is 0 Å². The Morgan fingerprint density at radius 1 is 1.44 bits per heavy atom. The summed E-state index contributed by atoms with van der Waals surface area (Å²) in [6.45, 7) is 5.68. The van der Waals surface area contributed by atoms with Crippen molar-refractivity contribution in [2.24, 2.45) is 11.7 Å². The number of likely N-dealkylation sites (tertiary alicyclic amines) is 1. The van der Waals surface area contributed by atoms with E-state index in [0.717, 1.165) is 44.4 Å². The van der Waals surface area contributed by atoms with Crippen LogP contribution in [0.1, 0.15) is 31.0 Å². The molecule has 2 N–H and O–H groups in total. The average molecular weight is 224 g/mol. The first-order chi connectivity index (χ1) is 7.78. The van der Waals surface area contributed by atoms with E-state index in [1.54, 1.807) is 0 Å². The Balaban J connectivity index is 1.77. The zero-order valence-corrected chi connectivity index (χ0v) is 9.85. The van der Waals surface area contributed by atoms with Crippen molar-refractivity contribution in [3.05, 3.63) is 11.7 Å². The average Bonchev–Trinajstić information content (AvgIpc) is 2.67. The van der Waals surface area contributed by atoms with Gasteiger partial charge in [0.25, 0.3) is 0 Å². The van der Waals surface area contributed by atoms with Gasteiger partial charge in [-0.3, -0.25) is 4.90 Å². The third-order valence-electron chi connectivity index (χ3n) is 3.21. The highest BCUT2D eigenvalue weighted by Gasteiger charge is 2.19. The molecule has 2 heterocycles. The van der Waals surface area contributed by atoms with Gasteiger partial charge in [-0.05, 0) is 51.7 Å². The first-order valence-electron chi connectivity index (χ1n) is 5.99. The van der Waals surface area contributed by atoms with Gasteiger partial charge in [-0.1, -0.05) is 5.16 Å². The Morgan fingerprint density at radius 3 is 2.75 bits per heavy atom. The molecule has 16 heavy (non-hydrogen) atoms. The highest BCUT2D eigenvalue weighted by atomic mass is 16.5. The molecule has 1 aliphatic heterocycles. The van der Waals surface area contributed by atoms with Gasteiger partial charge in [0.05, 0.1) is 6.54 Å². The molecule has 2 rings (SSSR count). The van der Waals surface area contributed by atoms with E-state index in [0.29, 0.717) is 5.82 Å². The lowest BCUT2D eigenvalue weighted by atomic mass is 9.94. The second-order valence-corrected chi connectivity index (χ2v) is 4.53. The fourth-order valence-electron chi connectivity index (χ4n) is 2.26. The number of hydrogen-bond acceptors (Lipinski definition) is 5. The standard InChI is InChI=1S/C11H20N4O/c1-9-13-11(16-14-9)8-15-6-3-10(2-5-12)4-7-15/h10H,2-8,12H2,1H3. The molecule has 1 saturated heterocycles. The Morgan fingerprint density at radius 2 is 2.19 bits per heavy atom. The molecule has 1 aromatic heterocycles. The highest BCUT2D eigenvalue weighted by molar-refractivity contribution is 4.84. The molecule has 90 valence electrons. The second kappa shape index (κ2) is 5.41. The number of rotatable bonds is 4. The summed E-state index contributed by atoms with van der Waals surface area (Å²) in [4.78, 5) is 6.60. The topological polar surface area (TPSA) is 68.2 Å². The van der Waals surface area contributed by atoms with E-state index in [1.807, 2.05) is 6.92 Å². The van der Waals surface area contributed by atoms with Gasteiger partial charge in [-0.25, -0.2) is 0 Å². The molecule has 0 atom stereocenters. The van der Waals surface area contributed by atoms with E-state index in [-0.39, 0.29) is 0 Å². The number of piperidine rings is 1. The molecule has 0 amide bonds. The summed E-state index contributed by atoms with van der Waals surface area (Å²) in [7, 11) is 0. The fourth-order valence-corrected chi connectivity index (χ4v) is 2.26. The minimum atomic E-state index is 0.716. The molecule has 0 bridgehead atoms. The summed E-state index contributed by atoms with van der Waals surface area (Å²) in [5, 5.41) is 3.80. The van der Waals surface area contributed by atoms with Crippen molar-refractivity contribution in [2.75, 3.05) is 19.6 Å². The molecule has 0 spiro atoms. The number of aromatic nitrogens is 2. The number of hydrogen-bond donors (Lipinski definition) is 1. The predicted octanol–water partition coefficient (Wildman–Crippen LogP) is 0.939. The molecule has 5 heteroatoms. The monoisotopic (exact) mass is 224 g/mol. The predicted molar refractivity (Wildman–Crippen MR) is 60.7 cm³/mol. The summed E-state index contributed by atoms with van der Waals surface area (Å²) in [5.41, 5.74) is 5.57. The highest BCUT2D eigenvalue weighted by Crippen LogP contribution is 2.20. The van der Waals surface area contributed by atoms with E-state index in [4.69, 9.17) is 10.3 Å². The lowest BCUT2D eigenvalue weighted by Gasteiger charge is -2.30. The molecular formula is C11H20N4O. The van der Waals surface area contributed by atoms with Crippen LogP contribution in [0.3, 0.4) is 0 Å². The van der Waals surface area contributed by atoms with Crippen molar-refractivity contribution < 1.29 is 4.52 Å². The van der Waals surface area contributed by atoms with Crippen LogP contribution in [0.4, 0.5) is 0 Å².